The van der Waals surface area contributed by atoms with Crippen molar-refractivity contribution < 1.29 is 5.21 Å². The molecular formula is C16H16N2O3. The summed E-state index contributed by atoms with van der Waals surface area (Å²) in [5, 5.41) is 9.02. The van der Waals surface area contributed by atoms with Gasteiger partial charge in [0, 0.05) is 22.6 Å². The number of para-hydroxylation sites is 1. The van der Waals surface area contributed by atoms with E-state index < -0.39 is 10.9 Å². The lowest BCUT2D eigenvalue weighted by atomic mass is 9.74. The van der Waals surface area contributed by atoms with E-state index in [-0.39, 0.29) is 17.0 Å². The molecule has 3 rings (SSSR count). The van der Waals surface area contributed by atoms with Gasteiger partial charge in [0.2, 0.25) is 5.43 Å². The van der Waals surface area contributed by atoms with Crippen LogP contribution in [0.2, 0.25) is 0 Å². The lowest BCUT2D eigenvalue weighted by molar-refractivity contribution is 0.386. The van der Waals surface area contributed by atoms with Crippen molar-refractivity contribution in [1.29, 1.82) is 0 Å². The summed E-state index contributed by atoms with van der Waals surface area (Å²) >= 11 is 0. The molecule has 1 unspecified atom stereocenters. The molecule has 0 aliphatic carbocycles. The monoisotopic (exact) mass is 284 g/mol. The molecule has 21 heavy (non-hydrogen) atoms. The first-order valence-electron chi connectivity index (χ1n) is 6.81. The molecule has 5 nitrogen and oxygen atoms in total. The number of aliphatic imine (C=N–C) groups is 1. The lowest BCUT2D eigenvalue weighted by Gasteiger charge is -2.27. The maximum Gasteiger partial charge on any atom is 0.251 e. The van der Waals surface area contributed by atoms with Crippen LogP contribution in [0.15, 0.2) is 38.8 Å². The van der Waals surface area contributed by atoms with Gasteiger partial charge in [0.1, 0.15) is 5.69 Å². The highest BCUT2D eigenvalue weighted by atomic mass is 16.5. The highest BCUT2D eigenvalue weighted by Crippen LogP contribution is 2.44. The number of hydrogen-bond acceptors (Lipinski definition) is 5. The summed E-state index contributed by atoms with van der Waals surface area (Å²) in [6.45, 7) is 5.93. The minimum atomic E-state index is -0.673. The third-order valence-electron chi connectivity index (χ3n) is 4.36. The first-order valence-corrected chi connectivity index (χ1v) is 6.81. The number of nitrogens with zero attached hydrogens (tertiary/aromatic N) is 1. The quantitative estimate of drug-likeness (QED) is 0.669. The molecule has 0 radical (unpaired) electrons. The Labute approximate surface area is 121 Å². The first-order chi connectivity index (χ1) is 9.89. The summed E-state index contributed by atoms with van der Waals surface area (Å²) in [6.07, 6.45) is 0. The Kier molecular flexibility index (Phi) is 2.85. The molecule has 1 heterocycles. The zero-order valence-electron chi connectivity index (χ0n) is 12.1. The predicted octanol–water partition coefficient (Wildman–Crippen LogP) is 2.25. The lowest BCUT2D eigenvalue weighted by Crippen LogP contribution is -2.42. The van der Waals surface area contributed by atoms with Crippen LogP contribution in [-0.2, 0) is 5.41 Å². The Hall–Kier alpha value is -2.27. The first kappa shape index (κ1) is 13.7. The fourth-order valence-electron chi connectivity index (χ4n) is 3.22. The zero-order chi connectivity index (χ0) is 15.4. The largest absolute Gasteiger partial charge is 0.291 e. The summed E-state index contributed by atoms with van der Waals surface area (Å²) in [7, 11) is 0. The summed E-state index contributed by atoms with van der Waals surface area (Å²) in [4.78, 5) is 27.9. The molecule has 0 aromatic heterocycles. The second-order valence-corrected chi connectivity index (χ2v) is 5.92. The molecule has 2 aromatic rings. The van der Waals surface area contributed by atoms with Crippen LogP contribution < -0.4 is 16.3 Å². The van der Waals surface area contributed by atoms with Gasteiger partial charge in [0.15, 0.2) is 0 Å². The van der Waals surface area contributed by atoms with E-state index in [9.17, 15) is 9.59 Å². The van der Waals surface area contributed by atoms with Gasteiger partial charge < -0.3 is 0 Å². The van der Waals surface area contributed by atoms with E-state index in [4.69, 9.17) is 5.21 Å². The predicted molar refractivity (Wildman–Crippen MR) is 81.7 cm³/mol. The van der Waals surface area contributed by atoms with Gasteiger partial charge in [-0.25, -0.2) is 0 Å². The minimum Gasteiger partial charge on any atom is -0.291 e. The van der Waals surface area contributed by atoms with E-state index in [0.29, 0.717) is 5.56 Å². The number of benzene rings is 1. The molecule has 1 aliphatic heterocycles. The number of hydrogen-bond donors (Lipinski definition) is 2. The van der Waals surface area contributed by atoms with E-state index in [0.717, 1.165) is 17.0 Å². The molecular weight excluding hydrogens is 268 g/mol. The van der Waals surface area contributed by atoms with E-state index >= 15 is 0 Å². The summed E-state index contributed by atoms with van der Waals surface area (Å²) in [5.41, 5.74) is 3.41. The van der Waals surface area contributed by atoms with Gasteiger partial charge in [0.25, 0.3) is 5.43 Å². The van der Waals surface area contributed by atoms with Crippen LogP contribution in [0, 0.1) is 0 Å². The van der Waals surface area contributed by atoms with Crippen LogP contribution in [0.1, 0.15) is 37.8 Å². The van der Waals surface area contributed by atoms with Crippen molar-refractivity contribution in [2.75, 3.05) is 5.48 Å². The molecule has 0 spiro atoms. The van der Waals surface area contributed by atoms with Crippen molar-refractivity contribution in [3.8, 4) is 0 Å². The molecule has 5 heteroatoms. The summed E-state index contributed by atoms with van der Waals surface area (Å²) < 4.78 is 0. The average Bonchev–Trinajstić information content (AvgIpc) is 2.75. The molecule has 2 N–H and O–H groups in total. The second kappa shape index (κ2) is 4.36. The summed E-state index contributed by atoms with van der Waals surface area (Å²) in [5.74, 6) is -0.327. The summed E-state index contributed by atoms with van der Waals surface area (Å²) in [6, 6.07) is 7.84. The van der Waals surface area contributed by atoms with Crippen molar-refractivity contribution in [2.45, 2.75) is 32.1 Å². The third kappa shape index (κ3) is 1.70. The smallest absolute Gasteiger partial charge is 0.251 e. The Balaban J connectivity index is 2.09. The topological polar surface area (TPSA) is 78.8 Å². The van der Waals surface area contributed by atoms with Gasteiger partial charge in [-0.1, -0.05) is 39.0 Å². The molecule has 0 bridgehead atoms. The molecule has 2 aromatic carbocycles. The van der Waals surface area contributed by atoms with Crippen LogP contribution in [-0.4, -0.2) is 10.9 Å². The van der Waals surface area contributed by atoms with E-state index in [1.807, 2.05) is 50.5 Å². The van der Waals surface area contributed by atoms with Crippen molar-refractivity contribution in [2.24, 2.45) is 4.99 Å². The maximum absolute atomic E-state index is 11.8. The Bertz CT molecular complexity index is 826. The highest BCUT2D eigenvalue weighted by molar-refractivity contribution is 6.05. The number of anilines is 1. The number of rotatable bonds is 3. The fourth-order valence-corrected chi connectivity index (χ4v) is 3.22. The Morgan fingerprint density at radius 1 is 1.19 bits per heavy atom. The molecule has 0 fully saturated rings. The van der Waals surface area contributed by atoms with Crippen LogP contribution in [0.3, 0.4) is 0 Å². The van der Waals surface area contributed by atoms with Crippen molar-refractivity contribution in [1.82, 2.24) is 0 Å². The van der Waals surface area contributed by atoms with Crippen LogP contribution in [0.25, 0.3) is 0 Å². The fraction of sp³-hybridized carbons (Fsp3) is 0.312. The normalized spacial score (nSPS) is 17.4. The van der Waals surface area contributed by atoms with Gasteiger partial charge >= 0.3 is 0 Å². The SMILES string of the molecule is CC(C1=Nc2ccccc2C1(C)C)c1c(NO)c(=O)c1=O. The van der Waals surface area contributed by atoms with Crippen molar-refractivity contribution >= 4 is 17.1 Å². The highest BCUT2D eigenvalue weighted by Gasteiger charge is 2.40. The molecule has 0 saturated carbocycles. The standard InChI is InChI=1S/C16H16N2O3/c1-8(11-12(18-21)14(20)13(11)19)15-16(2,3)9-6-4-5-7-10(9)17-15/h4-8,18,21H,1-3H3. The molecule has 1 atom stereocenters. The maximum atomic E-state index is 11.8. The van der Waals surface area contributed by atoms with Crippen LogP contribution in [0.5, 0.6) is 0 Å². The minimum absolute atomic E-state index is 0.0121. The van der Waals surface area contributed by atoms with Gasteiger partial charge in [-0.05, 0) is 11.6 Å². The van der Waals surface area contributed by atoms with Gasteiger partial charge in [0.05, 0.1) is 5.69 Å². The third-order valence-corrected chi connectivity index (χ3v) is 4.36. The van der Waals surface area contributed by atoms with Gasteiger partial charge in [-0.3, -0.25) is 25.3 Å². The van der Waals surface area contributed by atoms with Crippen molar-refractivity contribution in [3.05, 3.63) is 55.8 Å². The molecule has 108 valence electrons. The zero-order valence-corrected chi connectivity index (χ0v) is 12.1. The Morgan fingerprint density at radius 3 is 2.48 bits per heavy atom. The number of fused-ring (bicyclic) bond motifs is 1. The van der Waals surface area contributed by atoms with Gasteiger partial charge in [-0.15, -0.1) is 0 Å². The average molecular weight is 284 g/mol. The molecule has 0 saturated heterocycles. The Morgan fingerprint density at radius 2 is 1.86 bits per heavy atom. The van der Waals surface area contributed by atoms with Crippen LogP contribution in [0.4, 0.5) is 11.4 Å². The molecule has 1 aliphatic rings. The van der Waals surface area contributed by atoms with Crippen LogP contribution >= 0.6 is 0 Å². The van der Waals surface area contributed by atoms with Crippen molar-refractivity contribution in [3.63, 3.8) is 0 Å². The van der Waals surface area contributed by atoms with Gasteiger partial charge in [-0.2, -0.15) is 0 Å². The number of nitrogens with one attached hydrogen (secondary N) is 1. The van der Waals surface area contributed by atoms with E-state index in [1.54, 1.807) is 0 Å². The molecule has 0 amide bonds. The van der Waals surface area contributed by atoms with E-state index in [2.05, 4.69) is 4.99 Å². The second-order valence-electron chi connectivity index (χ2n) is 5.92. The van der Waals surface area contributed by atoms with E-state index in [1.165, 1.54) is 0 Å².